The van der Waals surface area contributed by atoms with Gasteiger partial charge in [-0.1, -0.05) is 6.07 Å². The molecule has 1 aromatic rings. The van der Waals surface area contributed by atoms with Gasteiger partial charge in [-0.2, -0.15) is 0 Å². The number of nitrogens with zero attached hydrogens (tertiary/aromatic N) is 1. The number of aliphatic carboxylic acids is 1. The van der Waals surface area contributed by atoms with E-state index in [1.807, 2.05) is 0 Å². The van der Waals surface area contributed by atoms with Crippen LogP contribution < -0.4 is 5.73 Å². The summed E-state index contributed by atoms with van der Waals surface area (Å²) >= 11 is 0. The molecule has 4 nitrogen and oxygen atoms in total. The zero-order valence-electron chi connectivity index (χ0n) is 6.88. The monoisotopic (exact) mass is 202 g/mol. The van der Waals surface area contributed by atoms with E-state index in [9.17, 15) is 4.79 Å². The lowest BCUT2D eigenvalue weighted by Crippen LogP contribution is -2.32. The number of halogens is 1. The number of carboxylic acid groups (broad SMARTS) is 1. The summed E-state index contributed by atoms with van der Waals surface area (Å²) in [4.78, 5) is 14.2. The minimum atomic E-state index is -0.987. The number of hydrogen-bond donors (Lipinski definition) is 2. The Bertz CT molecular complexity index is 266. The van der Waals surface area contributed by atoms with E-state index in [1.54, 1.807) is 24.5 Å². The highest BCUT2D eigenvalue weighted by Gasteiger charge is 2.11. The molecule has 0 aromatic carbocycles. The van der Waals surface area contributed by atoms with Crippen LogP contribution in [0.1, 0.15) is 5.56 Å². The quantitative estimate of drug-likeness (QED) is 0.747. The number of carboxylic acids is 1. The molecule has 72 valence electrons. The van der Waals surface area contributed by atoms with Crippen LogP contribution in [-0.4, -0.2) is 22.1 Å². The molecule has 0 radical (unpaired) electrons. The molecule has 1 rings (SSSR count). The van der Waals surface area contributed by atoms with Gasteiger partial charge in [0.2, 0.25) is 0 Å². The van der Waals surface area contributed by atoms with Crippen molar-refractivity contribution in [3.8, 4) is 0 Å². The lowest BCUT2D eigenvalue weighted by Gasteiger charge is -2.04. The van der Waals surface area contributed by atoms with Crippen molar-refractivity contribution in [3.63, 3.8) is 0 Å². The summed E-state index contributed by atoms with van der Waals surface area (Å²) in [6.45, 7) is 0. The molecular weight excluding hydrogens is 192 g/mol. The molecule has 1 unspecified atom stereocenters. The predicted molar refractivity (Wildman–Crippen MR) is 50.8 cm³/mol. The summed E-state index contributed by atoms with van der Waals surface area (Å²) in [6, 6.07) is 2.72. The minimum absolute atomic E-state index is 0. The molecule has 1 heterocycles. The number of aromatic nitrogens is 1. The van der Waals surface area contributed by atoms with Crippen LogP contribution in [0.25, 0.3) is 0 Å². The van der Waals surface area contributed by atoms with E-state index in [4.69, 9.17) is 10.8 Å². The Morgan fingerprint density at radius 1 is 1.69 bits per heavy atom. The smallest absolute Gasteiger partial charge is 0.320 e. The van der Waals surface area contributed by atoms with Crippen LogP contribution in [-0.2, 0) is 11.2 Å². The molecule has 0 aliphatic rings. The average molecular weight is 203 g/mol. The van der Waals surface area contributed by atoms with Gasteiger partial charge in [0.25, 0.3) is 0 Å². The molecular formula is C8H11ClN2O2. The zero-order valence-corrected chi connectivity index (χ0v) is 7.70. The van der Waals surface area contributed by atoms with E-state index < -0.39 is 12.0 Å². The number of pyridine rings is 1. The van der Waals surface area contributed by atoms with E-state index in [1.165, 1.54) is 0 Å². The van der Waals surface area contributed by atoms with Gasteiger partial charge in [0.1, 0.15) is 6.04 Å². The fourth-order valence-corrected chi connectivity index (χ4v) is 0.860. The Kier molecular flexibility index (Phi) is 5.03. The molecule has 5 heteroatoms. The van der Waals surface area contributed by atoms with Crippen molar-refractivity contribution in [2.75, 3.05) is 0 Å². The Balaban J connectivity index is 0.00000144. The van der Waals surface area contributed by atoms with E-state index in [-0.39, 0.29) is 12.4 Å². The minimum Gasteiger partial charge on any atom is -0.480 e. The maximum Gasteiger partial charge on any atom is 0.320 e. The van der Waals surface area contributed by atoms with Crippen LogP contribution in [0.4, 0.5) is 0 Å². The number of carbonyl (C=O) groups is 1. The van der Waals surface area contributed by atoms with Crippen molar-refractivity contribution in [2.45, 2.75) is 12.5 Å². The second kappa shape index (κ2) is 5.50. The summed E-state index contributed by atoms with van der Waals surface area (Å²) in [5.74, 6) is -0.987. The number of nitrogens with two attached hydrogens (primary N) is 1. The van der Waals surface area contributed by atoms with Crippen molar-refractivity contribution in [1.82, 2.24) is 4.98 Å². The molecule has 0 aliphatic carbocycles. The highest BCUT2D eigenvalue weighted by molar-refractivity contribution is 5.85. The molecule has 13 heavy (non-hydrogen) atoms. The Morgan fingerprint density at radius 3 is 2.85 bits per heavy atom. The fourth-order valence-electron chi connectivity index (χ4n) is 0.860. The summed E-state index contributed by atoms with van der Waals surface area (Å²) in [5.41, 5.74) is 6.16. The van der Waals surface area contributed by atoms with Gasteiger partial charge in [-0.25, -0.2) is 0 Å². The number of hydrogen-bond acceptors (Lipinski definition) is 3. The molecule has 0 saturated heterocycles. The molecule has 0 spiro atoms. The van der Waals surface area contributed by atoms with Crippen LogP contribution in [0.15, 0.2) is 24.5 Å². The summed E-state index contributed by atoms with van der Waals surface area (Å²) in [7, 11) is 0. The van der Waals surface area contributed by atoms with Crippen LogP contribution >= 0.6 is 12.4 Å². The Hall–Kier alpha value is -1.13. The van der Waals surface area contributed by atoms with Crippen molar-refractivity contribution in [2.24, 2.45) is 5.73 Å². The SMILES string of the molecule is Cl.NC(Cc1cccnc1)C(=O)O. The van der Waals surface area contributed by atoms with Gasteiger partial charge in [-0.05, 0) is 18.1 Å². The van der Waals surface area contributed by atoms with Crippen LogP contribution in [0.2, 0.25) is 0 Å². The number of rotatable bonds is 3. The van der Waals surface area contributed by atoms with Crippen molar-refractivity contribution in [1.29, 1.82) is 0 Å². The van der Waals surface area contributed by atoms with E-state index in [2.05, 4.69) is 4.98 Å². The molecule has 1 aromatic heterocycles. The highest BCUT2D eigenvalue weighted by atomic mass is 35.5. The van der Waals surface area contributed by atoms with E-state index in [0.29, 0.717) is 6.42 Å². The first kappa shape index (κ1) is 11.9. The lowest BCUT2D eigenvalue weighted by atomic mass is 10.1. The first-order valence-electron chi connectivity index (χ1n) is 3.57. The van der Waals surface area contributed by atoms with Gasteiger partial charge in [-0.15, -0.1) is 12.4 Å². The van der Waals surface area contributed by atoms with Gasteiger partial charge < -0.3 is 10.8 Å². The second-order valence-electron chi connectivity index (χ2n) is 2.51. The van der Waals surface area contributed by atoms with Crippen LogP contribution in [0, 0.1) is 0 Å². The van der Waals surface area contributed by atoms with Crippen LogP contribution in [0.3, 0.4) is 0 Å². The summed E-state index contributed by atoms with van der Waals surface area (Å²) in [5, 5.41) is 8.50. The third-order valence-corrected chi connectivity index (χ3v) is 1.50. The average Bonchev–Trinajstić information content (AvgIpc) is 2.06. The van der Waals surface area contributed by atoms with Gasteiger partial charge in [-0.3, -0.25) is 9.78 Å². The Labute approximate surface area is 82.2 Å². The summed E-state index contributed by atoms with van der Waals surface area (Å²) in [6.07, 6.45) is 3.57. The second-order valence-corrected chi connectivity index (χ2v) is 2.51. The third kappa shape index (κ3) is 3.87. The van der Waals surface area contributed by atoms with Gasteiger partial charge in [0.05, 0.1) is 0 Å². The van der Waals surface area contributed by atoms with Crippen molar-refractivity contribution in [3.05, 3.63) is 30.1 Å². The van der Waals surface area contributed by atoms with E-state index >= 15 is 0 Å². The van der Waals surface area contributed by atoms with Crippen molar-refractivity contribution >= 4 is 18.4 Å². The molecule has 0 amide bonds. The molecule has 1 atom stereocenters. The largest absolute Gasteiger partial charge is 0.480 e. The summed E-state index contributed by atoms with van der Waals surface area (Å²) < 4.78 is 0. The Morgan fingerprint density at radius 2 is 2.38 bits per heavy atom. The van der Waals surface area contributed by atoms with E-state index in [0.717, 1.165) is 5.56 Å². The maximum atomic E-state index is 10.4. The van der Waals surface area contributed by atoms with Crippen LogP contribution in [0.5, 0.6) is 0 Å². The normalized spacial score (nSPS) is 11.5. The molecule has 3 N–H and O–H groups in total. The van der Waals surface area contributed by atoms with Gasteiger partial charge >= 0.3 is 5.97 Å². The van der Waals surface area contributed by atoms with Gasteiger partial charge in [0, 0.05) is 12.4 Å². The first-order chi connectivity index (χ1) is 5.70. The first-order valence-corrected chi connectivity index (χ1v) is 3.57. The maximum absolute atomic E-state index is 10.4. The predicted octanol–water partition coefficient (Wildman–Crippen LogP) is 0.458. The lowest BCUT2D eigenvalue weighted by molar-refractivity contribution is -0.138. The molecule has 0 saturated carbocycles. The van der Waals surface area contributed by atoms with Crippen molar-refractivity contribution < 1.29 is 9.90 Å². The van der Waals surface area contributed by atoms with Gasteiger partial charge in [0.15, 0.2) is 0 Å². The molecule has 0 bridgehead atoms. The fraction of sp³-hybridized carbons (Fsp3) is 0.250. The molecule has 0 fully saturated rings. The highest BCUT2D eigenvalue weighted by Crippen LogP contribution is 1.99. The molecule has 0 aliphatic heterocycles. The zero-order chi connectivity index (χ0) is 8.97. The third-order valence-electron chi connectivity index (χ3n) is 1.50. The topological polar surface area (TPSA) is 76.2 Å². The standard InChI is InChI=1S/C8H10N2O2.ClH/c9-7(8(11)12)4-6-2-1-3-10-5-6;/h1-3,5,7H,4,9H2,(H,11,12);1H.